The normalized spacial score (nSPS) is 10.7. The molecule has 0 aliphatic rings. The SMILES string of the molecule is COC(=O)NS(=O)(=O)NCC(=O)c1ccccc1. The molecule has 0 fully saturated rings. The minimum absolute atomic E-state index is 0.373. The molecule has 0 aromatic heterocycles. The number of hydrogen-bond acceptors (Lipinski definition) is 5. The largest absolute Gasteiger partial charge is 0.452 e. The van der Waals surface area contributed by atoms with Crippen LogP contribution in [-0.4, -0.2) is 33.9 Å². The van der Waals surface area contributed by atoms with Crippen molar-refractivity contribution in [3.05, 3.63) is 35.9 Å². The van der Waals surface area contributed by atoms with Gasteiger partial charge < -0.3 is 4.74 Å². The molecule has 1 aromatic carbocycles. The number of ketones is 1. The van der Waals surface area contributed by atoms with Crippen molar-refractivity contribution in [1.82, 2.24) is 9.44 Å². The monoisotopic (exact) mass is 272 g/mol. The standard InChI is InChI=1S/C10H12N2O5S/c1-17-10(14)12-18(15,16)11-7-9(13)8-5-3-2-4-6-8/h2-6,11H,7H2,1H3,(H,12,14). The highest BCUT2D eigenvalue weighted by Gasteiger charge is 2.16. The summed E-state index contributed by atoms with van der Waals surface area (Å²) in [5.41, 5.74) is 0.373. The summed E-state index contributed by atoms with van der Waals surface area (Å²) in [5, 5.41) is 0. The molecule has 1 amide bonds. The van der Waals surface area contributed by atoms with Crippen LogP contribution in [0, 0.1) is 0 Å². The van der Waals surface area contributed by atoms with Crippen molar-refractivity contribution in [3.63, 3.8) is 0 Å². The van der Waals surface area contributed by atoms with Gasteiger partial charge in [0.25, 0.3) is 0 Å². The Balaban J connectivity index is 2.56. The highest BCUT2D eigenvalue weighted by molar-refractivity contribution is 7.88. The Morgan fingerprint density at radius 3 is 2.39 bits per heavy atom. The number of nitrogens with one attached hydrogen (secondary N) is 2. The topological polar surface area (TPSA) is 102 Å². The Hall–Kier alpha value is -1.93. The fraction of sp³-hybridized carbons (Fsp3) is 0.200. The van der Waals surface area contributed by atoms with Crippen LogP contribution in [-0.2, 0) is 14.9 Å². The van der Waals surface area contributed by atoms with Crippen LogP contribution in [0.3, 0.4) is 0 Å². The first kappa shape index (κ1) is 14.1. The zero-order valence-corrected chi connectivity index (χ0v) is 10.4. The lowest BCUT2D eigenvalue weighted by Crippen LogP contribution is -2.42. The number of carbonyl (C=O) groups is 2. The van der Waals surface area contributed by atoms with Gasteiger partial charge in [0.05, 0.1) is 13.7 Å². The lowest BCUT2D eigenvalue weighted by molar-refractivity contribution is 0.0996. The molecule has 1 aromatic rings. The number of carbonyl (C=O) groups excluding carboxylic acids is 2. The molecule has 0 radical (unpaired) electrons. The molecule has 2 N–H and O–H groups in total. The number of ether oxygens (including phenoxy) is 1. The molecule has 0 saturated heterocycles. The summed E-state index contributed by atoms with van der Waals surface area (Å²) in [6, 6.07) is 8.18. The van der Waals surface area contributed by atoms with E-state index >= 15 is 0 Å². The maximum Gasteiger partial charge on any atom is 0.421 e. The van der Waals surface area contributed by atoms with Crippen molar-refractivity contribution in [2.24, 2.45) is 0 Å². The number of hydrogen-bond donors (Lipinski definition) is 2. The van der Waals surface area contributed by atoms with E-state index in [9.17, 15) is 18.0 Å². The fourth-order valence-corrected chi connectivity index (χ4v) is 1.77. The van der Waals surface area contributed by atoms with Crippen molar-refractivity contribution >= 4 is 22.1 Å². The van der Waals surface area contributed by atoms with Gasteiger partial charge in [0.15, 0.2) is 5.78 Å². The molecule has 7 nitrogen and oxygen atoms in total. The van der Waals surface area contributed by atoms with Gasteiger partial charge >= 0.3 is 16.3 Å². The van der Waals surface area contributed by atoms with E-state index in [1.807, 2.05) is 4.72 Å². The molecule has 0 aliphatic carbocycles. The van der Waals surface area contributed by atoms with Crippen LogP contribution in [0.5, 0.6) is 0 Å². The first-order valence-corrected chi connectivity index (χ1v) is 6.36. The molecule has 0 unspecified atom stereocenters. The molecule has 0 saturated carbocycles. The Morgan fingerprint density at radius 1 is 1.22 bits per heavy atom. The number of amides is 1. The Labute approximate surface area is 104 Å². The summed E-state index contributed by atoms with van der Waals surface area (Å²) in [4.78, 5) is 22.3. The smallest absolute Gasteiger partial charge is 0.421 e. The average molecular weight is 272 g/mol. The summed E-state index contributed by atoms with van der Waals surface area (Å²) in [6.45, 7) is -0.448. The second-order valence-corrected chi connectivity index (χ2v) is 4.71. The molecule has 0 atom stereocenters. The third-order valence-corrected chi connectivity index (χ3v) is 2.88. The van der Waals surface area contributed by atoms with Gasteiger partial charge in [0.1, 0.15) is 0 Å². The second-order valence-electron chi connectivity index (χ2n) is 3.21. The molecular weight excluding hydrogens is 260 g/mol. The van der Waals surface area contributed by atoms with Crippen LogP contribution in [0.2, 0.25) is 0 Å². The third kappa shape index (κ3) is 4.52. The third-order valence-electron chi connectivity index (χ3n) is 1.92. The summed E-state index contributed by atoms with van der Waals surface area (Å²) in [7, 11) is -3.06. The van der Waals surface area contributed by atoms with E-state index < -0.39 is 28.6 Å². The Kier molecular flexibility index (Phi) is 4.81. The van der Waals surface area contributed by atoms with Crippen LogP contribution in [0.25, 0.3) is 0 Å². The first-order valence-electron chi connectivity index (χ1n) is 4.88. The minimum atomic E-state index is -4.09. The molecule has 8 heteroatoms. The molecule has 0 heterocycles. The summed E-state index contributed by atoms with van der Waals surface area (Å²) in [5.74, 6) is -0.411. The van der Waals surface area contributed by atoms with Gasteiger partial charge in [-0.1, -0.05) is 30.3 Å². The molecule has 0 spiro atoms. The van der Waals surface area contributed by atoms with Gasteiger partial charge in [0, 0.05) is 5.56 Å². The van der Waals surface area contributed by atoms with Gasteiger partial charge in [0.2, 0.25) is 0 Å². The summed E-state index contributed by atoms with van der Waals surface area (Å²) < 4.78 is 30.1. The van der Waals surface area contributed by atoms with Crippen LogP contribution < -0.4 is 9.44 Å². The van der Waals surface area contributed by atoms with Gasteiger partial charge in [-0.3, -0.25) is 4.79 Å². The summed E-state index contributed by atoms with van der Waals surface area (Å²) >= 11 is 0. The number of Topliss-reactive ketones (excluding diaryl/α,β-unsaturated/α-hetero) is 1. The molecule has 0 aliphatic heterocycles. The molecule has 0 bridgehead atoms. The predicted molar refractivity (Wildman–Crippen MR) is 63.2 cm³/mol. The fourth-order valence-electron chi connectivity index (χ4n) is 1.07. The van der Waals surface area contributed by atoms with E-state index in [0.29, 0.717) is 5.56 Å². The van der Waals surface area contributed by atoms with Crippen molar-refractivity contribution in [1.29, 1.82) is 0 Å². The van der Waals surface area contributed by atoms with Crippen LogP contribution in [0.15, 0.2) is 30.3 Å². The van der Waals surface area contributed by atoms with E-state index in [-0.39, 0.29) is 0 Å². The first-order chi connectivity index (χ1) is 8.44. The van der Waals surface area contributed by atoms with Crippen molar-refractivity contribution in [3.8, 4) is 0 Å². The van der Waals surface area contributed by atoms with Gasteiger partial charge in [-0.25, -0.2) is 9.52 Å². The second kappa shape index (κ2) is 6.12. The number of benzene rings is 1. The highest BCUT2D eigenvalue weighted by Crippen LogP contribution is 1.99. The van der Waals surface area contributed by atoms with Gasteiger partial charge in [-0.15, -0.1) is 0 Å². The minimum Gasteiger partial charge on any atom is -0.452 e. The molecular formula is C10H12N2O5S. The van der Waals surface area contributed by atoms with Gasteiger partial charge in [-0.05, 0) is 0 Å². The van der Waals surface area contributed by atoms with E-state index in [2.05, 4.69) is 4.74 Å². The maximum atomic E-state index is 11.6. The zero-order chi connectivity index (χ0) is 13.6. The van der Waals surface area contributed by atoms with E-state index in [1.54, 1.807) is 35.1 Å². The maximum absolute atomic E-state index is 11.6. The lowest BCUT2D eigenvalue weighted by Gasteiger charge is -2.06. The molecule has 18 heavy (non-hydrogen) atoms. The van der Waals surface area contributed by atoms with E-state index in [1.165, 1.54) is 0 Å². The van der Waals surface area contributed by atoms with Crippen LogP contribution in [0.1, 0.15) is 10.4 Å². The Bertz CT molecular complexity index is 526. The van der Waals surface area contributed by atoms with Gasteiger partial charge in [-0.2, -0.15) is 13.1 Å². The van der Waals surface area contributed by atoms with Crippen LogP contribution in [0.4, 0.5) is 4.79 Å². The van der Waals surface area contributed by atoms with E-state index in [0.717, 1.165) is 7.11 Å². The van der Waals surface area contributed by atoms with E-state index in [4.69, 9.17) is 0 Å². The van der Waals surface area contributed by atoms with Crippen molar-refractivity contribution in [2.45, 2.75) is 0 Å². The highest BCUT2D eigenvalue weighted by atomic mass is 32.2. The average Bonchev–Trinajstić information content (AvgIpc) is 2.36. The Morgan fingerprint density at radius 2 is 1.83 bits per heavy atom. The number of rotatable bonds is 5. The molecule has 1 rings (SSSR count). The van der Waals surface area contributed by atoms with Crippen molar-refractivity contribution in [2.75, 3.05) is 13.7 Å². The lowest BCUT2D eigenvalue weighted by atomic mass is 10.1. The van der Waals surface area contributed by atoms with Crippen LogP contribution >= 0.6 is 0 Å². The summed E-state index contributed by atoms with van der Waals surface area (Å²) in [6.07, 6.45) is -1.13. The quantitative estimate of drug-likeness (QED) is 0.738. The zero-order valence-electron chi connectivity index (χ0n) is 9.54. The van der Waals surface area contributed by atoms with Crippen molar-refractivity contribution < 1.29 is 22.7 Å². The molecule has 98 valence electrons. The number of methoxy groups -OCH3 is 1. The predicted octanol–water partition coefficient (Wildman–Crippen LogP) is 0.0597.